The van der Waals surface area contributed by atoms with E-state index in [0.717, 1.165) is 42.8 Å². The van der Waals surface area contributed by atoms with Crippen LogP contribution in [0.4, 0.5) is 0 Å². The number of hydrogen-bond donors (Lipinski definition) is 1. The van der Waals surface area contributed by atoms with Gasteiger partial charge in [0.05, 0.1) is 16.3 Å². The van der Waals surface area contributed by atoms with Crippen LogP contribution in [0.3, 0.4) is 0 Å². The number of benzene rings is 2. The number of carbonyl (C=O) groups is 2. The number of nitrogens with one attached hydrogen (secondary N) is 1. The molecule has 0 saturated carbocycles. The molecule has 1 aromatic heterocycles. The number of fused-ring (bicyclic) bond motifs is 1. The fourth-order valence-corrected chi connectivity index (χ4v) is 6.24. The molecule has 0 spiro atoms. The second kappa shape index (κ2) is 8.66. The summed E-state index contributed by atoms with van der Waals surface area (Å²) in [6.07, 6.45) is 5.20. The first-order valence-corrected chi connectivity index (χ1v) is 12.3. The Balaban J connectivity index is 1.29. The summed E-state index contributed by atoms with van der Waals surface area (Å²) < 4.78 is 1.17. The molecule has 2 aliphatic rings. The maximum atomic E-state index is 13.3. The van der Waals surface area contributed by atoms with Crippen LogP contribution < -0.4 is 5.32 Å². The van der Waals surface area contributed by atoms with Crippen LogP contribution in [0.1, 0.15) is 60.7 Å². The van der Waals surface area contributed by atoms with Crippen LogP contribution in [0.5, 0.6) is 0 Å². The topological polar surface area (TPSA) is 62.3 Å². The molecule has 2 fully saturated rings. The minimum absolute atomic E-state index is 0.0751. The maximum absolute atomic E-state index is 13.3. The zero-order chi connectivity index (χ0) is 22.1. The number of aryl methyl sites for hydroxylation is 1. The quantitative estimate of drug-likeness (QED) is 0.582. The number of aromatic nitrogens is 1. The summed E-state index contributed by atoms with van der Waals surface area (Å²) >= 11 is 1.70. The van der Waals surface area contributed by atoms with Crippen LogP contribution in [-0.2, 0) is 16.0 Å². The molecule has 0 bridgehead atoms. The Morgan fingerprint density at radius 2 is 2.03 bits per heavy atom. The number of nitrogens with zero attached hydrogens (tertiary/aromatic N) is 2. The normalized spacial score (nSPS) is 23.1. The number of rotatable bonds is 6. The molecule has 2 atom stereocenters. The van der Waals surface area contributed by atoms with Crippen LogP contribution in [-0.4, -0.2) is 33.8 Å². The van der Waals surface area contributed by atoms with Crippen molar-refractivity contribution in [2.75, 3.05) is 6.54 Å². The average molecular weight is 448 g/mol. The van der Waals surface area contributed by atoms with Crippen molar-refractivity contribution in [3.8, 4) is 0 Å². The van der Waals surface area contributed by atoms with Crippen LogP contribution in [0.15, 0.2) is 48.5 Å². The lowest BCUT2D eigenvalue weighted by Crippen LogP contribution is -2.44. The largest absolute Gasteiger partial charge is 0.350 e. The van der Waals surface area contributed by atoms with E-state index < -0.39 is 0 Å². The zero-order valence-corrected chi connectivity index (χ0v) is 19.3. The third-order valence-corrected chi connectivity index (χ3v) is 8.02. The van der Waals surface area contributed by atoms with Gasteiger partial charge in [0.15, 0.2) is 0 Å². The SMILES string of the molecule is Cc1ccc(C[C@@]2(CCC(=O)N3CCC[C@H]3c3nc4ccccc4s3)CCC(=O)N2)cc1. The third kappa shape index (κ3) is 4.29. The van der Waals surface area contributed by atoms with E-state index >= 15 is 0 Å². The molecular formula is C26H29N3O2S. The van der Waals surface area contributed by atoms with E-state index in [1.54, 1.807) is 11.3 Å². The number of amides is 2. The van der Waals surface area contributed by atoms with Crippen molar-refractivity contribution in [2.24, 2.45) is 0 Å². The first kappa shape index (κ1) is 21.1. The second-order valence-corrected chi connectivity index (χ2v) is 10.3. The molecule has 0 radical (unpaired) electrons. The van der Waals surface area contributed by atoms with Gasteiger partial charge in [-0.1, -0.05) is 42.0 Å². The summed E-state index contributed by atoms with van der Waals surface area (Å²) in [6.45, 7) is 2.87. The van der Waals surface area contributed by atoms with Crippen molar-refractivity contribution in [2.45, 2.75) is 63.5 Å². The summed E-state index contributed by atoms with van der Waals surface area (Å²) in [5.74, 6) is 0.272. The van der Waals surface area contributed by atoms with Gasteiger partial charge >= 0.3 is 0 Å². The number of thiazole rings is 1. The van der Waals surface area contributed by atoms with Crippen LogP contribution in [0.2, 0.25) is 0 Å². The molecular weight excluding hydrogens is 418 g/mol. The molecule has 166 valence electrons. The van der Waals surface area contributed by atoms with Crippen molar-refractivity contribution in [1.82, 2.24) is 15.2 Å². The molecule has 6 heteroatoms. The van der Waals surface area contributed by atoms with Crippen molar-refractivity contribution >= 4 is 33.4 Å². The summed E-state index contributed by atoms with van der Waals surface area (Å²) in [6, 6.07) is 16.7. The van der Waals surface area contributed by atoms with Crippen LogP contribution >= 0.6 is 11.3 Å². The summed E-state index contributed by atoms with van der Waals surface area (Å²) in [5, 5.41) is 4.26. The molecule has 1 N–H and O–H groups in total. The average Bonchev–Trinajstić information content (AvgIpc) is 3.52. The first-order valence-electron chi connectivity index (χ1n) is 11.5. The molecule has 5 nitrogen and oxygen atoms in total. The number of para-hydroxylation sites is 1. The van der Waals surface area contributed by atoms with Gasteiger partial charge in [-0.3, -0.25) is 9.59 Å². The van der Waals surface area contributed by atoms with Gasteiger partial charge in [-0.15, -0.1) is 11.3 Å². The lowest BCUT2D eigenvalue weighted by Gasteiger charge is -2.31. The van der Waals surface area contributed by atoms with Gasteiger partial charge in [-0.25, -0.2) is 4.98 Å². The fraction of sp³-hybridized carbons (Fsp3) is 0.423. The predicted molar refractivity (Wildman–Crippen MR) is 128 cm³/mol. The Morgan fingerprint density at radius 3 is 2.78 bits per heavy atom. The van der Waals surface area contributed by atoms with Gasteiger partial charge in [0.1, 0.15) is 5.01 Å². The lowest BCUT2D eigenvalue weighted by molar-refractivity contribution is -0.132. The van der Waals surface area contributed by atoms with E-state index in [-0.39, 0.29) is 23.4 Å². The maximum Gasteiger partial charge on any atom is 0.223 e. The molecule has 5 rings (SSSR count). The van der Waals surface area contributed by atoms with E-state index in [4.69, 9.17) is 4.98 Å². The molecule has 32 heavy (non-hydrogen) atoms. The first-order chi connectivity index (χ1) is 15.5. The highest BCUT2D eigenvalue weighted by Crippen LogP contribution is 2.38. The highest BCUT2D eigenvalue weighted by atomic mass is 32.1. The predicted octanol–water partition coefficient (Wildman–Crippen LogP) is 4.94. The number of likely N-dealkylation sites (tertiary alicyclic amines) is 1. The van der Waals surface area contributed by atoms with Crippen LogP contribution in [0, 0.1) is 6.92 Å². The smallest absolute Gasteiger partial charge is 0.223 e. The van der Waals surface area contributed by atoms with Gasteiger partial charge in [-0.05, 0) is 56.7 Å². The van der Waals surface area contributed by atoms with Gasteiger partial charge < -0.3 is 10.2 Å². The van der Waals surface area contributed by atoms with Gasteiger partial charge in [0.2, 0.25) is 11.8 Å². The minimum Gasteiger partial charge on any atom is -0.350 e. The summed E-state index contributed by atoms with van der Waals surface area (Å²) in [7, 11) is 0. The zero-order valence-electron chi connectivity index (χ0n) is 18.5. The fourth-order valence-electron chi connectivity index (χ4n) is 5.12. The Kier molecular flexibility index (Phi) is 5.72. The Labute approximate surface area is 192 Å². The van der Waals surface area contributed by atoms with E-state index in [2.05, 4.69) is 42.6 Å². The molecule has 2 amide bonds. The molecule has 3 aromatic rings. The Hall–Kier alpha value is -2.73. The molecule has 3 heterocycles. The molecule has 2 aliphatic heterocycles. The summed E-state index contributed by atoms with van der Waals surface area (Å²) in [4.78, 5) is 32.3. The van der Waals surface area contributed by atoms with E-state index in [0.29, 0.717) is 19.3 Å². The molecule has 2 saturated heterocycles. The lowest BCUT2D eigenvalue weighted by atomic mass is 9.84. The highest BCUT2D eigenvalue weighted by molar-refractivity contribution is 7.18. The van der Waals surface area contributed by atoms with E-state index in [1.807, 2.05) is 23.1 Å². The Morgan fingerprint density at radius 1 is 1.22 bits per heavy atom. The monoisotopic (exact) mass is 447 g/mol. The van der Waals surface area contributed by atoms with Gasteiger partial charge in [0, 0.05) is 24.9 Å². The highest BCUT2D eigenvalue weighted by Gasteiger charge is 2.39. The summed E-state index contributed by atoms with van der Waals surface area (Å²) in [5.41, 5.74) is 3.12. The van der Waals surface area contributed by atoms with Gasteiger partial charge in [-0.2, -0.15) is 0 Å². The Bertz CT molecular complexity index is 1110. The van der Waals surface area contributed by atoms with E-state index in [9.17, 15) is 9.59 Å². The molecule has 0 unspecified atom stereocenters. The van der Waals surface area contributed by atoms with E-state index in [1.165, 1.54) is 15.8 Å². The van der Waals surface area contributed by atoms with Gasteiger partial charge in [0.25, 0.3) is 0 Å². The second-order valence-electron chi connectivity index (χ2n) is 9.26. The van der Waals surface area contributed by atoms with Crippen molar-refractivity contribution < 1.29 is 9.59 Å². The van der Waals surface area contributed by atoms with Crippen molar-refractivity contribution in [1.29, 1.82) is 0 Å². The third-order valence-electron chi connectivity index (χ3n) is 6.88. The van der Waals surface area contributed by atoms with Crippen LogP contribution in [0.25, 0.3) is 10.2 Å². The number of carbonyl (C=O) groups excluding carboxylic acids is 2. The minimum atomic E-state index is -0.326. The number of hydrogen-bond acceptors (Lipinski definition) is 4. The molecule has 0 aliphatic carbocycles. The van der Waals surface area contributed by atoms with Crippen molar-refractivity contribution in [3.63, 3.8) is 0 Å². The molecule has 2 aromatic carbocycles. The standard InChI is InChI=1S/C26H29N3O2S/c1-18-8-10-19(11-9-18)17-26(14-12-23(30)28-26)15-13-24(31)29-16-4-6-21(29)25-27-20-5-2-3-7-22(20)32-25/h2-3,5,7-11,21H,4,6,12-17H2,1H3,(H,28,30)/t21-,26-/m0/s1. The van der Waals surface area contributed by atoms with Crippen molar-refractivity contribution in [3.05, 3.63) is 64.7 Å².